The molecule has 1 aromatic rings. The van der Waals surface area contributed by atoms with Gasteiger partial charge in [-0.15, -0.1) is 0 Å². The molecule has 1 saturated heterocycles. The zero-order chi connectivity index (χ0) is 22.4. The maximum atomic E-state index is 15.0. The van der Waals surface area contributed by atoms with Crippen LogP contribution in [0.3, 0.4) is 0 Å². The number of amides is 2. The van der Waals surface area contributed by atoms with Crippen molar-refractivity contribution >= 4 is 35.6 Å². The van der Waals surface area contributed by atoms with E-state index in [4.69, 9.17) is 11.6 Å². The van der Waals surface area contributed by atoms with Gasteiger partial charge < -0.3 is 10.0 Å². The number of aromatic nitrogens is 2. The fourth-order valence-corrected chi connectivity index (χ4v) is 4.56. The maximum Gasteiger partial charge on any atom is 0.243 e. The summed E-state index contributed by atoms with van der Waals surface area (Å²) in [5, 5.41) is 19.3. The zero-order valence-corrected chi connectivity index (χ0v) is 17.9. The molecule has 1 aliphatic carbocycles. The number of carbonyl (C=O) groups excluding carboxylic acids is 2. The van der Waals surface area contributed by atoms with Crippen molar-refractivity contribution < 1.29 is 24.3 Å². The number of rotatable bonds is 10. The van der Waals surface area contributed by atoms with E-state index in [2.05, 4.69) is 20.8 Å². The molecule has 1 aliphatic heterocycles. The number of hydroxylamine groups is 2. The Kier molecular flexibility index (Phi) is 8.22. The number of carbonyl (C=O) groups is 2. The van der Waals surface area contributed by atoms with Crippen molar-refractivity contribution in [1.82, 2.24) is 20.5 Å². The van der Waals surface area contributed by atoms with Crippen LogP contribution in [-0.2, 0) is 9.59 Å². The van der Waals surface area contributed by atoms with E-state index >= 15 is 4.39 Å². The number of aliphatic hydroxyl groups is 1. The molecule has 10 nitrogen and oxygen atoms in total. The smallest absolute Gasteiger partial charge is 0.243 e. The van der Waals surface area contributed by atoms with Crippen molar-refractivity contribution in [2.75, 3.05) is 30.0 Å². The number of nitrogens with zero attached hydrogens (tertiary/aromatic N) is 4. The van der Waals surface area contributed by atoms with Crippen molar-refractivity contribution in [1.29, 1.82) is 0 Å². The molecular weight excluding hydrogens is 431 g/mol. The first-order valence-electron chi connectivity index (χ1n) is 10.5. The highest BCUT2D eigenvalue weighted by atomic mass is 35.5. The van der Waals surface area contributed by atoms with Crippen LogP contribution in [0.25, 0.3) is 0 Å². The highest BCUT2D eigenvalue weighted by Gasteiger charge is 2.30. The molecule has 0 aromatic carbocycles. The summed E-state index contributed by atoms with van der Waals surface area (Å²) in [6, 6.07) is -0.266. The van der Waals surface area contributed by atoms with Crippen molar-refractivity contribution in [3.63, 3.8) is 0 Å². The molecule has 2 fully saturated rings. The molecule has 172 valence electrons. The van der Waals surface area contributed by atoms with E-state index in [1.165, 1.54) is 0 Å². The van der Waals surface area contributed by atoms with Gasteiger partial charge in [0.05, 0.1) is 25.1 Å². The lowest BCUT2D eigenvalue weighted by Crippen LogP contribution is -2.41. The zero-order valence-electron chi connectivity index (χ0n) is 17.1. The summed E-state index contributed by atoms with van der Waals surface area (Å²) in [4.78, 5) is 32.9. The SMILES string of the molecule is O=CN(O)C[C@H](CC1CCCC1)C(=O)NNc1nc(Cl)nc(N2CCC[C@H]2CO)c1F. The third kappa shape index (κ3) is 5.92. The first-order valence-corrected chi connectivity index (χ1v) is 10.9. The van der Waals surface area contributed by atoms with Crippen molar-refractivity contribution in [3.05, 3.63) is 11.1 Å². The van der Waals surface area contributed by atoms with Crippen LogP contribution in [0.5, 0.6) is 0 Å². The Balaban J connectivity index is 1.70. The molecule has 4 N–H and O–H groups in total. The number of halogens is 2. The summed E-state index contributed by atoms with van der Waals surface area (Å²) >= 11 is 5.96. The van der Waals surface area contributed by atoms with Crippen LogP contribution in [0, 0.1) is 17.7 Å². The average molecular weight is 459 g/mol. The molecule has 2 amide bonds. The second kappa shape index (κ2) is 10.9. The standard InChI is InChI=1S/C19H28ClFN6O4/c20-19-22-16(15(21)17(23-19)27-7-3-6-14(27)10-28)24-25-18(30)13(9-26(31)11-29)8-12-4-1-2-5-12/h11-14,28,31H,1-10H2,(H,25,30)(H,22,23,24)/t13-,14-/m0/s1. The predicted molar refractivity (Wildman–Crippen MR) is 111 cm³/mol. The lowest BCUT2D eigenvalue weighted by molar-refractivity contribution is -0.154. The fraction of sp³-hybridized carbons (Fsp3) is 0.684. The van der Waals surface area contributed by atoms with Gasteiger partial charge in [0, 0.05) is 6.54 Å². The summed E-state index contributed by atoms with van der Waals surface area (Å²) in [5.41, 5.74) is 4.87. The van der Waals surface area contributed by atoms with Crippen LogP contribution in [0.1, 0.15) is 44.9 Å². The van der Waals surface area contributed by atoms with Gasteiger partial charge in [-0.05, 0) is 36.8 Å². The van der Waals surface area contributed by atoms with Crippen LogP contribution in [-0.4, -0.2) is 63.4 Å². The van der Waals surface area contributed by atoms with Gasteiger partial charge in [0.1, 0.15) is 0 Å². The average Bonchev–Trinajstić information content (AvgIpc) is 3.44. The normalized spacial score (nSPS) is 20.0. The van der Waals surface area contributed by atoms with Gasteiger partial charge in [-0.3, -0.25) is 25.6 Å². The van der Waals surface area contributed by atoms with E-state index in [-0.39, 0.29) is 42.5 Å². The van der Waals surface area contributed by atoms with E-state index in [9.17, 15) is 19.9 Å². The van der Waals surface area contributed by atoms with Gasteiger partial charge in [-0.25, -0.2) is 5.06 Å². The minimum absolute atomic E-state index is 0.0432. The Bertz CT molecular complexity index is 782. The minimum Gasteiger partial charge on any atom is -0.394 e. The van der Waals surface area contributed by atoms with Gasteiger partial charge in [0.2, 0.25) is 23.4 Å². The fourth-order valence-electron chi connectivity index (χ4n) is 4.39. The number of anilines is 2. The Labute approximate surface area is 184 Å². The molecule has 1 aromatic heterocycles. The Morgan fingerprint density at radius 1 is 1.32 bits per heavy atom. The highest BCUT2D eigenvalue weighted by Crippen LogP contribution is 2.31. The summed E-state index contributed by atoms with van der Waals surface area (Å²) in [5.74, 6) is -1.99. The Morgan fingerprint density at radius 2 is 2.06 bits per heavy atom. The topological polar surface area (TPSA) is 131 Å². The van der Waals surface area contributed by atoms with E-state index in [1.807, 2.05) is 0 Å². The molecular formula is C19H28ClFN6O4. The minimum atomic E-state index is -0.797. The van der Waals surface area contributed by atoms with E-state index in [0.717, 1.165) is 32.1 Å². The molecule has 31 heavy (non-hydrogen) atoms. The monoisotopic (exact) mass is 458 g/mol. The second-order valence-corrected chi connectivity index (χ2v) is 8.41. The van der Waals surface area contributed by atoms with Gasteiger partial charge in [-0.1, -0.05) is 25.7 Å². The molecule has 2 heterocycles. The predicted octanol–water partition coefficient (Wildman–Crippen LogP) is 1.72. The highest BCUT2D eigenvalue weighted by molar-refractivity contribution is 6.28. The van der Waals surface area contributed by atoms with Gasteiger partial charge in [-0.2, -0.15) is 14.4 Å². The van der Waals surface area contributed by atoms with Crippen LogP contribution >= 0.6 is 11.6 Å². The summed E-state index contributed by atoms with van der Waals surface area (Å²) < 4.78 is 15.0. The van der Waals surface area contributed by atoms with Gasteiger partial charge in [0.25, 0.3) is 0 Å². The Hall–Kier alpha value is -2.24. The molecule has 2 atom stereocenters. The number of aliphatic hydroxyl groups excluding tert-OH is 1. The number of hydrogen-bond acceptors (Lipinski definition) is 8. The second-order valence-electron chi connectivity index (χ2n) is 8.08. The molecule has 3 rings (SSSR count). The van der Waals surface area contributed by atoms with Crippen LogP contribution in [0.4, 0.5) is 16.0 Å². The largest absolute Gasteiger partial charge is 0.394 e. The van der Waals surface area contributed by atoms with Gasteiger partial charge in [0.15, 0.2) is 11.6 Å². The molecule has 0 unspecified atom stereocenters. The molecule has 1 saturated carbocycles. The first kappa shape index (κ1) is 23.4. The lowest BCUT2D eigenvalue weighted by atomic mass is 9.92. The summed E-state index contributed by atoms with van der Waals surface area (Å²) in [6.45, 7) is 0.207. The third-order valence-corrected chi connectivity index (χ3v) is 6.13. The number of hydrazine groups is 1. The number of nitrogens with one attached hydrogen (secondary N) is 2. The lowest BCUT2D eigenvalue weighted by Gasteiger charge is -2.25. The van der Waals surface area contributed by atoms with Crippen LogP contribution < -0.4 is 15.8 Å². The van der Waals surface area contributed by atoms with E-state index in [0.29, 0.717) is 30.4 Å². The van der Waals surface area contributed by atoms with Crippen molar-refractivity contribution in [2.24, 2.45) is 11.8 Å². The third-order valence-electron chi connectivity index (χ3n) is 5.96. The van der Waals surface area contributed by atoms with E-state index < -0.39 is 17.6 Å². The molecule has 0 radical (unpaired) electrons. The van der Waals surface area contributed by atoms with Crippen molar-refractivity contribution in [2.45, 2.75) is 51.0 Å². The van der Waals surface area contributed by atoms with Crippen molar-refractivity contribution in [3.8, 4) is 0 Å². The van der Waals surface area contributed by atoms with E-state index in [1.54, 1.807) is 4.90 Å². The quantitative estimate of drug-likeness (QED) is 0.180. The molecule has 0 bridgehead atoms. The Morgan fingerprint density at radius 3 is 2.74 bits per heavy atom. The summed E-state index contributed by atoms with van der Waals surface area (Å²) in [7, 11) is 0. The van der Waals surface area contributed by atoms with Crippen LogP contribution in [0.2, 0.25) is 5.28 Å². The van der Waals surface area contributed by atoms with Crippen LogP contribution in [0.15, 0.2) is 0 Å². The first-order chi connectivity index (χ1) is 14.9. The molecule has 0 spiro atoms. The molecule has 2 aliphatic rings. The molecule has 12 heteroatoms. The maximum absolute atomic E-state index is 15.0. The van der Waals surface area contributed by atoms with Gasteiger partial charge >= 0.3 is 0 Å². The summed E-state index contributed by atoms with van der Waals surface area (Å²) in [6.07, 6.45) is 6.39. The number of hydrogen-bond donors (Lipinski definition) is 4.